The molecular formula is C18H20ClNO3. The molecule has 2 rings (SSSR count). The first-order valence-electron chi connectivity index (χ1n) is 7.35. The van der Waals surface area contributed by atoms with Crippen molar-refractivity contribution in [2.75, 3.05) is 14.2 Å². The Morgan fingerprint density at radius 3 is 2.57 bits per heavy atom. The van der Waals surface area contributed by atoms with Crippen molar-refractivity contribution in [2.24, 2.45) is 0 Å². The third-order valence-corrected chi connectivity index (χ3v) is 3.90. The molecule has 0 atom stereocenters. The molecule has 0 bridgehead atoms. The molecule has 0 saturated heterocycles. The number of amides is 1. The molecule has 0 radical (unpaired) electrons. The Kier molecular flexibility index (Phi) is 6.29. The van der Waals surface area contributed by atoms with E-state index in [9.17, 15) is 4.79 Å². The van der Waals surface area contributed by atoms with E-state index in [0.29, 0.717) is 30.2 Å². The van der Waals surface area contributed by atoms with Gasteiger partial charge in [-0.3, -0.25) is 4.79 Å². The van der Waals surface area contributed by atoms with Gasteiger partial charge in [0.15, 0.2) is 0 Å². The molecule has 0 aromatic heterocycles. The average molecular weight is 334 g/mol. The quantitative estimate of drug-likeness (QED) is 0.842. The van der Waals surface area contributed by atoms with Gasteiger partial charge in [0.05, 0.1) is 14.2 Å². The average Bonchev–Trinajstić information content (AvgIpc) is 2.58. The van der Waals surface area contributed by atoms with Crippen LogP contribution in [0.5, 0.6) is 11.5 Å². The largest absolute Gasteiger partial charge is 0.497 e. The summed E-state index contributed by atoms with van der Waals surface area (Å²) < 4.78 is 10.4. The number of hydrogen-bond donors (Lipinski definition) is 1. The highest BCUT2D eigenvalue weighted by molar-refractivity contribution is 6.31. The van der Waals surface area contributed by atoms with E-state index in [1.807, 2.05) is 36.4 Å². The van der Waals surface area contributed by atoms with E-state index in [1.165, 1.54) is 0 Å². The fourth-order valence-electron chi connectivity index (χ4n) is 2.24. The first-order chi connectivity index (χ1) is 11.1. The highest BCUT2D eigenvalue weighted by atomic mass is 35.5. The zero-order chi connectivity index (χ0) is 16.7. The third-order valence-electron chi connectivity index (χ3n) is 3.55. The monoisotopic (exact) mass is 333 g/mol. The second-order valence-corrected chi connectivity index (χ2v) is 5.45. The van der Waals surface area contributed by atoms with Gasteiger partial charge < -0.3 is 14.8 Å². The van der Waals surface area contributed by atoms with Gasteiger partial charge in [0, 0.05) is 18.0 Å². The maximum absolute atomic E-state index is 12.0. The van der Waals surface area contributed by atoms with E-state index in [2.05, 4.69) is 5.32 Å². The number of rotatable bonds is 7. The van der Waals surface area contributed by atoms with Crippen molar-refractivity contribution in [1.82, 2.24) is 5.32 Å². The molecule has 23 heavy (non-hydrogen) atoms. The van der Waals surface area contributed by atoms with Gasteiger partial charge in [-0.1, -0.05) is 35.9 Å². The summed E-state index contributed by atoms with van der Waals surface area (Å²) in [5.74, 6) is 1.47. The summed E-state index contributed by atoms with van der Waals surface area (Å²) in [4.78, 5) is 12.0. The number of nitrogens with one attached hydrogen (secondary N) is 1. The molecule has 0 heterocycles. The predicted octanol–water partition coefficient (Wildman–Crippen LogP) is 3.61. The van der Waals surface area contributed by atoms with Gasteiger partial charge in [-0.15, -0.1) is 0 Å². The number of carbonyl (C=O) groups excluding carboxylic acids is 1. The molecule has 1 amide bonds. The SMILES string of the molecule is COc1ccc(CNC(=O)CCc2ccccc2OC)c(Cl)c1. The lowest BCUT2D eigenvalue weighted by molar-refractivity contribution is -0.121. The molecule has 0 unspecified atom stereocenters. The van der Waals surface area contributed by atoms with Crippen LogP contribution in [0.1, 0.15) is 17.5 Å². The number of ether oxygens (including phenoxy) is 2. The zero-order valence-electron chi connectivity index (χ0n) is 13.3. The molecule has 0 fully saturated rings. The predicted molar refractivity (Wildman–Crippen MR) is 91.2 cm³/mol. The van der Waals surface area contributed by atoms with Crippen molar-refractivity contribution in [1.29, 1.82) is 0 Å². The Hall–Kier alpha value is -2.20. The number of benzene rings is 2. The van der Waals surface area contributed by atoms with Crippen LogP contribution in [0.4, 0.5) is 0 Å². The number of para-hydroxylation sites is 1. The van der Waals surface area contributed by atoms with Crippen LogP contribution in [0.25, 0.3) is 0 Å². The van der Waals surface area contributed by atoms with Crippen molar-refractivity contribution >= 4 is 17.5 Å². The molecule has 0 aliphatic heterocycles. The zero-order valence-corrected chi connectivity index (χ0v) is 14.0. The van der Waals surface area contributed by atoms with E-state index in [0.717, 1.165) is 16.9 Å². The molecule has 0 aliphatic carbocycles. The van der Waals surface area contributed by atoms with E-state index in [-0.39, 0.29) is 5.91 Å². The molecule has 2 aromatic rings. The number of carbonyl (C=O) groups is 1. The Bertz CT molecular complexity index is 673. The lowest BCUT2D eigenvalue weighted by Gasteiger charge is -2.10. The van der Waals surface area contributed by atoms with Crippen molar-refractivity contribution in [3.05, 3.63) is 58.6 Å². The van der Waals surface area contributed by atoms with Crippen molar-refractivity contribution in [2.45, 2.75) is 19.4 Å². The number of hydrogen-bond acceptors (Lipinski definition) is 3. The van der Waals surface area contributed by atoms with Gasteiger partial charge in [0.1, 0.15) is 11.5 Å². The van der Waals surface area contributed by atoms with Crippen LogP contribution in [-0.4, -0.2) is 20.1 Å². The van der Waals surface area contributed by atoms with Gasteiger partial charge in [-0.25, -0.2) is 0 Å². The highest BCUT2D eigenvalue weighted by Gasteiger charge is 2.08. The smallest absolute Gasteiger partial charge is 0.220 e. The summed E-state index contributed by atoms with van der Waals surface area (Å²) in [7, 11) is 3.22. The van der Waals surface area contributed by atoms with Crippen LogP contribution >= 0.6 is 11.6 Å². The van der Waals surface area contributed by atoms with E-state index < -0.39 is 0 Å². The summed E-state index contributed by atoms with van der Waals surface area (Å²) >= 11 is 6.16. The first kappa shape index (κ1) is 17.2. The van der Waals surface area contributed by atoms with Crippen LogP contribution in [0.3, 0.4) is 0 Å². The molecule has 1 N–H and O–H groups in total. The van der Waals surface area contributed by atoms with Gasteiger partial charge in [0.2, 0.25) is 5.91 Å². The molecule has 2 aromatic carbocycles. The van der Waals surface area contributed by atoms with Crippen molar-refractivity contribution in [3.8, 4) is 11.5 Å². The topological polar surface area (TPSA) is 47.6 Å². The molecule has 4 nitrogen and oxygen atoms in total. The highest BCUT2D eigenvalue weighted by Crippen LogP contribution is 2.22. The van der Waals surface area contributed by atoms with E-state index >= 15 is 0 Å². The summed E-state index contributed by atoms with van der Waals surface area (Å²) in [6.45, 7) is 0.396. The Labute approximate surface area is 141 Å². The third kappa shape index (κ3) is 4.89. The summed E-state index contributed by atoms with van der Waals surface area (Å²) in [5.41, 5.74) is 1.88. The maximum Gasteiger partial charge on any atom is 0.220 e. The molecule has 5 heteroatoms. The van der Waals surface area contributed by atoms with Crippen LogP contribution in [0.15, 0.2) is 42.5 Å². The fourth-order valence-corrected chi connectivity index (χ4v) is 2.48. The number of aryl methyl sites for hydroxylation is 1. The second-order valence-electron chi connectivity index (χ2n) is 5.05. The summed E-state index contributed by atoms with van der Waals surface area (Å²) in [6.07, 6.45) is 1.03. The lowest BCUT2D eigenvalue weighted by Crippen LogP contribution is -2.23. The minimum Gasteiger partial charge on any atom is -0.497 e. The molecular weight excluding hydrogens is 314 g/mol. The summed E-state index contributed by atoms with van der Waals surface area (Å²) in [6, 6.07) is 13.1. The molecule has 0 saturated carbocycles. The van der Waals surface area contributed by atoms with Gasteiger partial charge >= 0.3 is 0 Å². The van der Waals surface area contributed by atoms with Crippen molar-refractivity contribution in [3.63, 3.8) is 0 Å². The standard InChI is InChI=1S/C18H20ClNO3/c1-22-15-9-7-14(16(19)11-15)12-20-18(21)10-8-13-5-3-4-6-17(13)23-2/h3-7,9,11H,8,10,12H2,1-2H3,(H,20,21). The van der Waals surface area contributed by atoms with Gasteiger partial charge in [0.25, 0.3) is 0 Å². The van der Waals surface area contributed by atoms with Gasteiger partial charge in [-0.05, 0) is 35.7 Å². The summed E-state index contributed by atoms with van der Waals surface area (Å²) in [5, 5.41) is 3.46. The molecule has 122 valence electrons. The van der Waals surface area contributed by atoms with E-state index in [1.54, 1.807) is 20.3 Å². The number of halogens is 1. The molecule has 0 aliphatic rings. The van der Waals surface area contributed by atoms with Crippen LogP contribution < -0.4 is 14.8 Å². The first-order valence-corrected chi connectivity index (χ1v) is 7.73. The normalized spacial score (nSPS) is 10.2. The van der Waals surface area contributed by atoms with Crippen molar-refractivity contribution < 1.29 is 14.3 Å². The second kappa shape index (κ2) is 8.44. The van der Waals surface area contributed by atoms with Crippen LogP contribution in [-0.2, 0) is 17.8 Å². The Morgan fingerprint density at radius 2 is 1.87 bits per heavy atom. The minimum atomic E-state index is -0.0252. The van der Waals surface area contributed by atoms with E-state index in [4.69, 9.17) is 21.1 Å². The minimum absolute atomic E-state index is 0.0252. The lowest BCUT2D eigenvalue weighted by atomic mass is 10.1. The van der Waals surface area contributed by atoms with Crippen LogP contribution in [0.2, 0.25) is 5.02 Å². The fraction of sp³-hybridized carbons (Fsp3) is 0.278. The Morgan fingerprint density at radius 1 is 1.09 bits per heavy atom. The number of methoxy groups -OCH3 is 2. The van der Waals surface area contributed by atoms with Crippen LogP contribution in [0, 0.1) is 0 Å². The Balaban J connectivity index is 1.86. The molecule has 0 spiro atoms. The maximum atomic E-state index is 12.0. The van der Waals surface area contributed by atoms with Gasteiger partial charge in [-0.2, -0.15) is 0 Å².